The Hall–Kier alpha value is -1.82. The molecule has 1 aliphatic carbocycles. The zero-order valence-corrected chi connectivity index (χ0v) is 13.4. The van der Waals surface area contributed by atoms with Crippen molar-refractivity contribution < 1.29 is 13.2 Å². The third-order valence-corrected chi connectivity index (χ3v) is 4.71. The van der Waals surface area contributed by atoms with Crippen molar-refractivity contribution in [3.8, 4) is 0 Å². The molecule has 0 spiro atoms. The molecule has 1 saturated carbocycles. The number of aryl methyl sites for hydroxylation is 1. The van der Waals surface area contributed by atoms with Crippen LogP contribution in [0.2, 0.25) is 0 Å². The summed E-state index contributed by atoms with van der Waals surface area (Å²) in [4.78, 5) is 0. The van der Waals surface area contributed by atoms with Gasteiger partial charge in [-0.25, -0.2) is 8.78 Å². The van der Waals surface area contributed by atoms with Gasteiger partial charge in [0, 0.05) is 24.4 Å². The highest BCUT2D eigenvalue weighted by Crippen LogP contribution is 2.43. The van der Waals surface area contributed by atoms with Crippen LogP contribution in [0.25, 0.3) is 0 Å². The van der Waals surface area contributed by atoms with E-state index in [0.29, 0.717) is 18.3 Å². The van der Waals surface area contributed by atoms with Crippen molar-refractivity contribution in [1.29, 1.82) is 0 Å². The molecule has 1 aromatic heterocycles. The smallest absolute Gasteiger partial charge is 0.233 e. The molecule has 124 valence electrons. The zero-order chi connectivity index (χ0) is 16.4. The largest absolute Gasteiger partial charge is 0.424 e. The number of hydrogen-bond donors (Lipinski definition) is 1. The molecule has 2 aromatic rings. The third kappa shape index (κ3) is 3.13. The van der Waals surface area contributed by atoms with Crippen LogP contribution in [-0.4, -0.2) is 16.7 Å². The van der Waals surface area contributed by atoms with Gasteiger partial charge in [-0.1, -0.05) is 18.9 Å². The molecule has 1 heterocycles. The molecular weight excluding hydrogens is 300 g/mol. The third-order valence-electron chi connectivity index (χ3n) is 4.71. The first-order valence-electron chi connectivity index (χ1n) is 8.00. The Morgan fingerprint density at radius 2 is 1.87 bits per heavy atom. The predicted octanol–water partition coefficient (Wildman–Crippen LogP) is 3.82. The average molecular weight is 321 g/mol. The Bertz CT molecular complexity index is 660. The molecule has 1 fully saturated rings. The first-order valence-corrected chi connectivity index (χ1v) is 8.00. The topological polar surface area (TPSA) is 51.0 Å². The SMILES string of the molecule is Cc1nnc(C(C)NCC2(c3c(F)cccc3F)CCCC2)o1. The van der Waals surface area contributed by atoms with Gasteiger partial charge in [-0.05, 0) is 31.9 Å². The lowest BCUT2D eigenvalue weighted by Gasteiger charge is -2.31. The van der Waals surface area contributed by atoms with E-state index in [2.05, 4.69) is 15.5 Å². The van der Waals surface area contributed by atoms with E-state index < -0.39 is 17.0 Å². The fourth-order valence-corrected chi connectivity index (χ4v) is 3.49. The minimum Gasteiger partial charge on any atom is -0.424 e. The maximum atomic E-state index is 14.3. The summed E-state index contributed by atoms with van der Waals surface area (Å²) >= 11 is 0. The summed E-state index contributed by atoms with van der Waals surface area (Å²) in [5.74, 6) is 0.0685. The molecule has 0 radical (unpaired) electrons. The molecular formula is C17H21F2N3O. The van der Waals surface area contributed by atoms with Gasteiger partial charge in [-0.15, -0.1) is 10.2 Å². The van der Waals surface area contributed by atoms with E-state index in [1.807, 2.05) is 6.92 Å². The summed E-state index contributed by atoms with van der Waals surface area (Å²) in [5.41, 5.74) is -0.308. The summed E-state index contributed by atoms with van der Waals surface area (Å²) in [6.07, 6.45) is 3.49. The van der Waals surface area contributed by atoms with Crippen LogP contribution in [0.3, 0.4) is 0 Å². The van der Waals surface area contributed by atoms with Crippen molar-refractivity contribution >= 4 is 0 Å². The number of nitrogens with zero attached hydrogens (tertiary/aromatic N) is 2. The van der Waals surface area contributed by atoms with Crippen LogP contribution >= 0.6 is 0 Å². The molecule has 4 nitrogen and oxygen atoms in total. The van der Waals surface area contributed by atoms with Crippen molar-refractivity contribution in [2.45, 2.75) is 51.0 Å². The molecule has 3 rings (SSSR count). The summed E-state index contributed by atoms with van der Waals surface area (Å²) in [6.45, 7) is 4.12. The van der Waals surface area contributed by atoms with E-state index in [1.54, 1.807) is 6.92 Å². The van der Waals surface area contributed by atoms with E-state index in [1.165, 1.54) is 18.2 Å². The van der Waals surface area contributed by atoms with Crippen LogP contribution in [0.15, 0.2) is 22.6 Å². The van der Waals surface area contributed by atoms with Crippen LogP contribution in [0.1, 0.15) is 56.0 Å². The number of hydrogen-bond acceptors (Lipinski definition) is 4. The highest BCUT2D eigenvalue weighted by Gasteiger charge is 2.40. The monoisotopic (exact) mass is 321 g/mol. The molecule has 23 heavy (non-hydrogen) atoms. The van der Waals surface area contributed by atoms with Crippen LogP contribution in [0.5, 0.6) is 0 Å². The molecule has 0 bridgehead atoms. The fraction of sp³-hybridized carbons (Fsp3) is 0.529. The van der Waals surface area contributed by atoms with Gasteiger partial charge in [0.05, 0.1) is 6.04 Å². The van der Waals surface area contributed by atoms with Crippen molar-refractivity contribution in [1.82, 2.24) is 15.5 Å². The van der Waals surface area contributed by atoms with Gasteiger partial charge in [0.2, 0.25) is 11.8 Å². The van der Waals surface area contributed by atoms with E-state index in [0.717, 1.165) is 25.7 Å². The molecule has 1 aromatic carbocycles. The van der Waals surface area contributed by atoms with E-state index in [-0.39, 0.29) is 11.6 Å². The van der Waals surface area contributed by atoms with Gasteiger partial charge in [-0.2, -0.15) is 0 Å². The molecule has 1 unspecified atom stereocenters. The van der Waals surface area contributed by atoms with E-state index in [4.69, 9.17) is 4.42 Å². The molecule has 1 N–H and O–H groups in total. The van der Waals surface area contributed by atoms with Gasteiger partial charge >= 0.3 is 0 Å². The number of halogens is 2. The van der Waals surface area contributed by atoms with Crippen molar-refractivity contribution in [3.05, 3.63) is 47.2 Å². The maximum Gasteiger partial charge on any atom is 0.233 e. The van der Waals surface area contributed by atoms with Gasteiger partial charge in [0.15, 0.2) is 0 Å². The summed E-state index contributed by atoms with van der Waals surface area (Å²) < 4.78 is 34.0. The highest BCUT2D eigenvalue weighted by molar-refractivity contribution is 5.30. The zero-order valence-electron chi connectivity index (χ0n) is 13.4. The molecule has 0 amide bonds. The average Bonchev–Trinajstić information content (AvgIpc) is 3.15. The normalized spacial score (nSPS) is 18.3. The van der Waals surface area contributed by atoms with Crippen molar-refractivity contribution in [2.75, 3.05) is 6.54 Å². The van der Waals surface area contributed by atoms with Gasteiger partial charge < -0.3 is 9.73 Å². The Kier molecular flexibility index (Phi) is 4.43. The predicted molar refractivity (Wildman–Crippen MR) is 82.0 cm³/mol. The van der Waals surface area contributed by atoms with Crippen molar-refractivity contribution in [2.24, 2.45) is 0 Å². The molecule has 1 aliphatic rings. The first kappa shape index (κ1) is 16.1. The molecule has 0 aliphatic heterocycles. The van der Waals surface area contributed by atoms with Crippen LogP contribution in [0, 0.1) is 18.6 Å². The molecule has 0 saturated heterocycles. The Balaban J connectivity index is 1.82. The second-order valence-electron chi connectivity index (χ2n) is 6.35. The minimum atomic E-state index is -0.515. The quantitative estimate of drug-likeness (QED) is 0.909. The second-order valence-corrected chi connectivity index (χ2v) is 6.35. The van der Waals surface area contributed by atoms with Crippen LogP contribution in [-0.2, 0) is 5.41 Å². The van der Waals surface area contributed by atoms with Crippen LogP contribution < -0.4 is 5.32 Å². The number of nitrogens with one attached hydrogen (secondary N) is 1. The first-order chi connectivity index (χ1) is 11.0. The summed E-state index contributed by atoms with van der Waals surface area (Å²) in [6, 6.07) is 3.92. The number of rotatable bonds is 5. The Labute approximate surface area is 134 Å². The Morgan fingerprint density at radius 3 is 2.43 bits per heavy atom. The van der Waals surface area contributed by atoms with Gasteiger partial charge in [0.25, 0.3) is 0 Å². The maximum absolute atomic E-state index is 14.3. The van der Waals surface area contributed by atoms with E-state index in [9.17, 15) is 8.78 Å². The number of aromatic nitrogens is 2. The van der Waals surface area contributed by atoms with Gasteiger partial charge in [0.1, 0.15) is 11.6 Å². The lowest BCUT2D eigenvalue weighted by atomic mass is 9.78. The fourth-order valence-electron chi connectivity index (χ4n) is 3.49. The second kappa shape index (κ2) is 6.35. The molecule has 1 atom stereocenters. The van der Waals surface area contributed by atoms with E-state index >= 15 is 0 Å². The van der Waals surface area contributed by atoms with Crippen molar-refractivity contribution in [3.63, 3.8) is 0 Å². The van der Waals surface area contributed by atoms with Crippen LogP contribution in [0.4, 0.5) is 8.78 Å². The summed E-state index contributed by atoms with van der Waals surface area (Å²) in [7, 11) is 0. The summed E-state index contributed by atoms with van der Waals surface area (Å²) in [5, 5.41) is 11.1. The lowest BCUT2D eigenvalue weighted by molar-refractivity contribution is 0.329. The number of benzene rings is 1. The Morgan fingerprint density at radius 1 is 1.22 bits per heavy atom. The minimum absolute atomic E-state index is 0.163. The van der Waals surface area contributed by atoms with Gasteiger partial charge in [-0.3, -0.25) is 0 Å². The standard InChI is InChI=1S/C17H21F2N3O/c1-11(16-22-21-12(2)23-16)20-10-17(8-3-4-9-17)15-13(18)6-5-7-14(15)19/h5-7,11,20H,3-4,8-10H2,1-2H3. The molecule has 6 heteroatoms. The highest BCUT2D eigenvalue weighted by atomic mass is 19.1. The lowest BCUT2D eigenvalue weighted by Crippen LogP contribution is -2.38.